The van der Waals surface area contributed by atoms with Crippen LogP contribution >= 0.6 is 0 Å². The third-order valence-electron chi connectivity index (χ3n) is 11.7. The third-order valence-corrected chi connectivity index (χ3v) is 11.7. The zero-order valence-corrected chi connectivity index (χ0v) is 34.1. The Labute approximate surface area is 364 Å². The van der Waals surface area contributed by atoms with E-state index in [9.17, 15) is 5.26 Å². The molecule has 0 bridgehead atoms. The van der Waals surface area contributed by atoms with Gasteiger partial charge >= 0.3 is 0 Å². The largest absolute Gasteiger partial charge is 0.192 e. The van der Waals surface area contributed by atoms with E-state index in [4.69, 9.17) is 0 Å². The fraction of sp³-hybridized carbons (Fsp3) is 0. The number of benzene rings is 10. The van der Waals surface area contributed by atoms with Crippen LogP contribution in [0.1, 0.15) is 5.56 Å². The number of hydrogen-bond donors (Lipinski definition) is 0. The van der Waals surface area contributed by atoms with E-state index in [0.717, 1.165) is 77.9 Å². The fourth-order valence-corrected chi connectivity index (χ4v) is 8.53. The second kappa shape index (κ2) is 17.1. The van der Waals surface area contributed by atoms with E-state index in [2.05, 4.69) is 243 Å². The van der Waals surface area contributed by atoms with E-state index in [1.54, 1.807) is 0 Å². The van der Waals surface area contributed by atoms with Gasteiger partial charge in [0.15, 0.2) is 0 Å². The Hall–Kier alpha value is -8.31. The maximum absolute atomic E-state index is 11.2. The molecule has 1 heteroatoms. The van der Waals surface area contributed by atoms with Crippen LogP contribution in [0.5, 0.6) is 0 Å². The first-order valence-corrected chi connectivity index (χ1v) is 21.0. The summed E-state index contributed by atoms with van der Waals surface area (Å²) in [6.45, 7) is 0. The van der Waals surface area contributed by atoms with Crippen LogP contribution in [-0.2, 0) is 0 Å². The molecular formula is C61H41N. The second-order valence-corrected chi connectivity index (χ2v) is 15.6. The zero-order valence-electron chi connectivity index (χ0n) is 34.1. The van der Waals surface area contributed by atoms with Gasteiger partial charge in [0.05, 0.1) is 5.56 Å². The van der Waals surface area contributed by atoms with Crippen LogP contribution in [0.3, 0.4) is 0 Å². The highest BCUT2D eigenvalue weighted by molar-refractivity contribution is 5.92. The predicted molar refractivity (Wildman–Crippen MR) is 260 cm³/mol. The summed E-state index contributed by atoms with van der Waals surface area (Å²) >= 11 is 0. The van der Waals surface area contributed by atoms with Gasteiger partial charge in [-0.05, 0) is 150 Å². The van der Waals surface area contributed by atoms with Crippen LogP contribution in [0.4, 0.5) is 0 Å². The summed E-state index contributed by atoms with van der Waals surface area (Å²) in [6, 6.07) is 90.8. The zero-order chi connectivity index (χ0) is 41.7. The molecule has 290 valence electrons. The normalized spacial score (nSPS) is 10.9. The summed E-state index contributed by atoms with van der Waals surface area (Å²) < 4.78 is 0. The van der Waals surface area contributed by atoms with Crippen LogP contribution < -0.4 is 0 Å². The lowest BCUT2D eigenvalue weighted by molar-refractivity contribution is 1.46. The molecule has 0 unspecified atom stereocenters. The van der Waals surface area contributed by atoms with Crippen molar-refractivity contribution in [1.82, 2.24) is 0 Å². The third kappa shape index (κ3) is 7.90. The van der Waals surface area contributed by atoms with E-state index in [-0.39, 0.29) is 0 Å². The van der Waals surface area contributed by atoms with E-state index >= 15 is 0 Å². The average Bonchev–Trinajstić information content (AvgIpc) is 3.37. The molecule has 0 saturated carbocycles. The molecule has 0 fully saturated rings. The number of nitrogens with zero attached hydrogens (tertiary/aromatic N) is 1. The van der Waals surface area contributed by atoms with Crippen LogP contribution in [0.25, 0.3) is 100 Å². The maximum atomic E-state index is 11.2. The van der Waals surface area contributed by atoms with E-state index in [1.807, 2.05) is 12.1 Å². The molecule has 10 aromatic carbocycles. The van der Waals surface area contributed by atoms with Crippen molar-refractivity contribution in [3.05, 3.63) is 254 Å². The minimum Gasteiger partial charge on any atom is -0.192 e. The van der Waals surface area contributed by atoms with Crippen LogP contribution in [0.15, 0.2) is 249 Å². The van der Waals surface area contributed by atoms with Crippen molar-refractivity contribution >= 4 is 0 Å². The number of nitriles is 1. The molecular weight excluding hydrogens is 747 g/mol. The van der Waals surface area contributed by atoms with Crippen molar-refractivity contribution in [2.75, 3.05) is 0 Å². The Balaban J connectivity index is 1.16. The fourth-order valence-electron chi connectivity index (χ4n) is 8.53. The maximum Gasteiger partial charge on any atom is 0.100 e. The molecule has 0 saturated heterocycles. The Morgan fingerprint density at radius 2 is 0.419 bits per heavy atom. The lowest BCUT2D eigenvalue weighted by Gasteiger charge is -2.17. The monoisotopic (exact) mass is 787 g/mol. The smallest absolute Gasteiger partial charge is 0.100 e. The Morgan fingerprint density at radius 3 is 0.790 bits per heavy atom. The first-order valence-electron chi connectivity index (χ1n) is 21.0. The lowest BCUT2D eigenvalue weighted by atomic mass is 9.85. The van der Waals surface area contributed by atoms with Crippen molar-refractivity contribution in [3.8, 4) is 106 Å². The minimum atomic E-state index is 0.644. The molecule has 0 atom stereocenters. The highest BCUT2D eigenvalue weighted by Crippen LogP contribution is 2.42. The lowest BCUT2D eigenvalue weighted by Crippen LogP contribution is -1.94. The van der Waals surface area contributed by atoms with Gasteiger partial charge in [-0.1, -0.05) is 188 Å². The topological polar surface area (TPSA) is 23.8 Å². The van der Waals surface area contributed by atoms with Crippen LogP contribution in [0, 0.1) is 11.3 Å². The molecule has 1 nitrogen and oxygen atoms in total. The molecule has 0 amide bonds. The number of hydrogen-bond acceptors (Lipinski definition) is 1. The summed E-state index contributed by atoms with van der Waals surface area (Å²) in [6.07, 6.45) is 0. The molecule has 0 spiro atoms. The van der Waals surface area contributed by atoms with Gasteiger partial charge in [-0.25, -0.2) is 0 Å². The van der Waals surface area contributed by atoms with Crippen molar-refractivity contribution in [2.45, 2.75) is 0 Å². The van der Waals surface area contributed by atoms with Gasteiger partial charge in [0, 0.05) is 11.1 Å². The summed E-state index contributed by atoms with van der Waals surface area (Å²) in [5.41, 5.74) is 20.2. The summed E-state index contributed by atoms with van der Waals surface area (Å²) in [4.78, 5) is 0. The van der Waals surface area contributed by atoms with Crippen LogP contribution in [-0.4, -0.2) is 0 Å². The van der Waals surface area contributed by atoms with Gasteiger partial charge < -0.3 is 0 Å². The Kier molecular flexibility index (Phi) is 10.5. The van der Waals surface area contributed by atoms with E-state index < -0.39 is 0 Å². The number of rotatable bonds is 9. The molecule has 62 heavy (non-hydrogen) atoms. The van der Waals surface area contributed by atoms with Gasteiger partial charge in [-0.15, -0.1) is 0 Å². The predicted octanol–water partition coefficient (Wildman–Crippen LogP) is 16.6. The Morgan fingerprint density at radius 1 is 0.194 bits per heavy atom. The highest BCUT2D eigenvalue weighted by Gasteiger charge is 2.18. The molecule has 10 aromatic rings. The first-order chi connectivity index (χ1) is 30.7. The van der Waals surface area contributed by atoms with Gasteiger partial charge in [0.25, 0.3) is 0 Å². The van der Waals surface area contributed by atoms with Crippen LogP contribution in [0.2, 0.25) is 0 Å². The van der Waals surface area contributed by atoms with Gasteiger partial charge in [-0.3, -0.25) is 0 Å². The minimum absolute atomic E-state index is 0.644. The van der Waals surface area contributed by atoms with Crippen molar-refractivity contribution < 1.29 is 0 Å². The molecule has 10 rings (SSSR count). The Bertz CT molecular complexity index is 3140. The summed E-state index contributed by atoms with van der Waals surface area (Å²) in [5, 5.41) is 11.2. The second-order valence-electron chi connectivity index (χ2n) is 15.6. The summed E-state index contributed by atoms with van der Waals surface area (Å²) in [7, 11) is 0. The molecule has 0 aliphatic rings. The first kappa shape index (κ1) is 37.9. The van der Waals surface area contributed by atoms with E-state index in [1.165, 1.54) is 22.3 Å². The molecule has 0 heterocycles. The quantitative estimate of drug-likeness (QED) is 0.143. The van der Waals surface area contributed by atoms with Gasteiger partial charge in [0.2, 0.25) is 0 Å². The van der Waals surface area contributed by atoms with Crippen molar-refractivity contribution in [1.29, 1.82) is 5.26 Å². The molecule has 0 radical (unpaired) electrons. The molecule has 0 aliphatic carbocycles. The van der Waals surface area contributed by atoms with Crippen molar-refractivity contribution in [3.63, 3.8) is 0 Å². The molecule has 0 aliphatic heterocycles. The molecule has 0 N–H and O–H groups in total. The van der Waals surface area contributed by atoms with Crippen molar-refractivity contribution in [2.24, 2.45) is 0 Å². The van der Waals surface area contributed by atoms with Gasteiger partial charge in [-0.2, -0.15) is 5.26 Å². The average molecular weight is 788 g/mol. The highest BCUT2D eigenvalue weighted by atomic mass is 14.3. The van der Waals surface area contributed by atoms with Gasteiger partial charge in [0.1, 0.15) is 6.07 Å². The standard InChI is InChI=1S/C61H41N/c62-42-61-59(51-31-17-28-48(33-51)43-18-6-1-7-19-43)40-57(47-26-14-5-15-27-47)41-60(61)58-38-54(46-24-12-4-13-25-46)37-56(39-58)50-30-16-29-49(32-50)55-35-52(44-20-8-2-9-21-44)34-53(36-55)45-22-10-3-11-23-45/h1-41H. The SMILES string of the molecule is N#Cc1c(-c2cccc(-c3ccccc3)c2)cc(-c2ccccc2)cc1-c1cc(-c2ccccc2)cc(-c2cccc(-c3cc(-c4ccccc4)cc(-c4ccccc4)c3)c2)c1. The van der Waals surface area contributed by atoms with E-state index in [0.29, 0.717) is 5.56 Å². The molecule has 0 aromatic heterocycles. The summed E-state index contributed by atoms with van der Waals surface area (Å²) in [5.74, 6) is 0.